The van der Waals surface area contributed by atoms with E-state index in [1.165, 1.54) is 11.3 Å². The molecule has 0 aromatic carbocycles. The molecule has 0 bridgehead atoms. The molecule has 1 heterocycles. The van der Waals surface area contributed by atoms with E-state index in [1.807, 2.05) is 25.5 Å². The fourth-order valence-corrected chi connectivity index (χ4v) is 8.98. The van der Waals surface area contributed by atoms with Crippen LogP contribution in [0.25, 0.3) is 0 Å². The molecule has 4 nitrogen and oxygen atoms in total. The molecule has 0 saturated heterocycles. The first-order valence-corrected chi connectivity index (χ1v) is 12.7. The highest BCUT2D eigenvalue weighted by atomic mass is 32.2. The number of hydrogen-bond donors (Lipinski definition) is 1. The molecule has 0 fully saturated rings. The molecule has 7 heteroatoms. The van der Waals surface area contributed by atoms with Crippen molar-refractivity contribution in [3.05, 3.63) is 17.0 Å². The monoisotopic (exact) mass is 362 g/mol. The highest BCUT2D eigenvalue weighted by Crippen LogP contribution is 2.39. The third kappa shape index (κ3) is 4.00. The van der Waals surface area contributed by atoms with Crippen molar-refractivity contribution in [1.82, 2.24) is 4.31 Å². The lowest BCUT2D eigenvalue weighted by Crippen LogP contribution is -2.38. The molecule has 0 aliphatic rings. The van der Waals surface area contributed by atoms with Gasteiger partial charge < -0.3 is 5.11 Å². The minimum absolute atomic E-state index is 0.0298. The summed E-state index contributed by atoms with van der Waals surface area (Å²) in [6.07, 6.45) is 0. The molecule has 0 radical (unpaired) electrons. The van der Waals surface area contributed by atoms with Gasteiger partial charge in [0, 0.05) is 14.1 Å². The van der Waals surface area contributed by atoms with Crippen molar-refractivity contribution in [2.24, 2.45) is 4.03 Å². The Morgan fingerprint density at radius 2 is 1.73 bits per heavy atom. The smallest absolute Gasteiger partial charge is 0.195 e. The summed E-state index contributed by atoms with van der Waals surface area (Å²) in [6, 6.07) is 1.84. The Labute approximate surface area is 141 Å². The molecule has 1 unspecified atom stereocenters. The zero-order valence-corrected chi connectivity index (χ0v) is 17.9. The van der Waals surface area contributed by atoms with Crippen LogP contribution < -0.4 is 0 Å². The first-order chi connectivity index (χ1) is 9.61. The van der Waals surface area contributed by atoms with Crippen LogP contribution in [-0.2, 0) is 15.5 Å². The van der Waals surface area contributed by atoms with Crippen LogP contribution in [0.3, 0.4) is 0 Å². The lowest BCUT2D eigenvalue weighted by Gasteiger charge is -2.34. The van der Waals surface area contributed by atoms with Gasteiger partial charge in [-0.3, -0.25) is 4.03 Å². The fraction of sp³-hybridized carbons (Fsp3) is 0.733. The molecule has 0 aliphatic heterocycles. The molecule has 22 heavy (non-hydrogen) atoms. The fourth-order valence-electron chi connectivity index (χ4n) is 1.53. The molecule has 1 aromatic heterocycles. The summed E-state index contributed by atoms with van der Waals surface area (Å²) in [7, 11) is -1.09. The Morgan fingerprint density at radius 3 is 2.05 bits per heavy atom. The summed E-state index contributed by atoms with van der Waals surface area (Å²) in [5, 5.41) is 12.1. The Kier molecular flexibility index (Phi) is 5.42. The summed E-state index contributed by atoms with van der Waals surface area (Å²) < 4.78 is 20.9. The maximum Gasteiger partial charge on any atom is 0.195 e. The third-order valence-electron chi connectivity index (χ3n) is 4.23. The van der Waals surface area contributed by atoms with Crippen LogP contribution in [0.15, 0.2) is 19.7 Å². The van der Waals surface area contributed by atoms with E-state index in [0.717, 1.165) is 9.77 Å². The molecule has 0 spiro atoms. The number of hydrogen-bond acceptors (Lipinski definition) is 4. The average Bonchev–Trinajstić information content (AvgIpc) is 2.75. The third-order valence-corrected chi connectivity index (χ3v) is 14.0. The van der Waals surface area contributed by atoms with E-state index in [-0.39, 0.29) is 5.04 Å². The van der Waals surface area contributed by atoms with E-state index < -0.39 is 23.8 Å². The van der Waals surface area contributed by atoms with Gasteiger partial charge in [0.15, 0.2) is 8.24 Å². The van der Waals surface area contributed by atoms with E-state index in [1.54, 1.807) is 18.2 Å². The lowest BCUT2D eigenvalue weighted by molar-refractivity contribution is 0.0789. The second kappa shape index (κ2) is 6.01. The van der Waals surface area contributed by atoms with E-state index >= 15 is 0 Å². The first-order valence-electron chi connectivity index (χ1n) is 7.38. The quantitative estimate of drug-likeness (QED) is 0.813. The zero-order chi connectivity index (χ0) is 17.6. The summed E-state index contributed by atoms with van der Waals surface area (Å²) >= 11 is 1.41. The van der Waals surface area contributed by atoms with Gasteiger partial charge in [0.05, 0.1) is 5.60 Å². The van der Waals surface area contributed by atoms with Crippen molar-refractivity contribution < 1.29 is 9.32 Å². The topological polar surface area (TPSA) is 52.9 Å². The van der Waals surface area contributed by atoms with Gasteiger partial charge in [-0.05, 0) is 49.0 Å². The van der Waals surface area contributed by atoms with E-state index in [9.17, 15) is 9.32 Å². The van der Waals surface area contributed by atoms with Gasteiger partial charge in [0.1, 0.15) is 14.1 Å². The molecular weight excluding hydrogens is 332 g/mol. The SMILES string of the molecule is CN(C)S(=O)(=N[Si](C)(C)C(C)(C)C)c1cc(C(C)(C)O)cs1. The van der Waals surface area contributed by atoms with Gasteiger partial charge in [-0.15, -0.1) is 11.3 Å². The predicted molar refractivity (Wildman–Crippen MR) is 99.3 cm³/mol. The second-order valence-electron chi connectivity index (χ2n) is 7.92. The normalized spacial score (nSPS) is 16.7. The largest absolute Gasteiger partial charge is 0.386 e. The van der Waals surface area contributed by atoms with Crippen LogP contribution in [0.5, 0.6) is 0 Å². The van der Waals surface area contributed by atoms with Gasteiger partial charge >= 0.3 is 0 Å². The molecule has 1 atom stereocenters. The Morgan fingerprint density at radius 1 is 1.23 bits per heavy atom. The number of nitrogens with zero attached hydrogens (tertiary/aromatic N) is 2. The number of aliphatic hydroxyl groups is 1. The van der Waals surface area contributed by atoms with Crippen molar-refractivity contribution in [3.63, 3.8) is 0 Å². The van der Waals surface area contributed by atoms with E-state index in [2.05, 4.69) is 33.9 Å². The zero-order valence-electron chi connectivity index (χ0n) is 15.2. The summed E-state index contributed by atoms with van der Waals surface area (Å²) in [4.78, 5) is 0. The van der Waals surface area contributed by atoms with Gasteiger partial charge in [-0.25, -0.2) is 8.51 Å². The van der Waals surface area contributed by atoms with Crippen LogP contribution in [-0.4, -0.2) is 36.0 Å². The van der Waals surface area contributed by atoms with Crippen LogP contribution >= 0.6 is 11.3 Å². The molecular formula is C15H30N2O2S2Si. The van der Waals surface area contributed by atoms with Crippen molar-refractivity contribution in [1.29, 1.82) is 0 Å². The maximum atomic E-state index is 13.6. The van der Waals surface area contributed by atoms with Gasteiger partial charge in [0.25, 0.3) is 0 Å². The minimum atomic E-state index is -2.64. The Balaban J connectivity index is 3.53. The predicted octanol–water partition coefficient (Wildman–Crippen LogP) is 4.28. The highest BCUT2D eigenvalue weighted by Gasteiger charge is 2.38. The summed E-state index contributed by atoms with van der Waals surface area (Å²) in [6.45, 7) is 14.3. The molecule has 0 aliphatic carbocycles. The van der Waals surface area contributed by atoms with Crippen LogP contribution in [0.1, 0.15) is 40.2 Å². The van der Waals surface area contributed by atoms with E-state index in [0.29, 0.717) is 0 Å². The Hall–Kier alpha value is -0.213. The second-order valence-corrected chi connectivity index (χ2v) is 16.6. The molecule has 1 rings (SSSR count). The van der Waals surface area contributed by atoms with Gasteiger partial charge in [-0.1, -0.05) is 20.8 Å². The number of rotatable bonds is 4. The van der Waals surface area contributed by atoms with Crippen molar-refractivity contribution in [2.75, 3.05) is 14.1 Å². The molecule has 1 N–H and O–H groups in total. The molecule has 0 amide bonds. The van der Waals surface area contributed by atoms with Gasteiger partial charge in [0.2, 0.25) is 0 Å². The molecule has 128 valence electrons. The van der Waals surface area contributed by atoms with Gasteiger partial charge in [-0.2, -0.15) is 0 Å². The highest BCUT2D eigenvalue weighted by molar-refractivity contribution is 7.94. The summed E-state index contributed by atoms with van der Waals surface area (Å²) in [5.74, 6) is 0. The summed E-state index contributed by atoms with van der Waals surface area (Å²) in [5.41, 5.74) is -0.147. The average molecular weight is 363 g/mol. The van der Waals surface area contributed by atoms with Crippen LogP contribution in [0, 0.1) is 0 Å². The minimum Gasteiger partial charge on any atom is -0.386 e. The first kappa shape index (κ1) is 19.8. The van der Waals surface area contributed by atoms with Crippen LogP contribution in [0.4, 0.5) is 0 Å². The molecule has 1 aromatic rings. The van der Waals surface area contributed by atoms with Crippen molar-refractivity contribution in [2.45, 2.75) is 62.6 Å². The van der Waals surface area contributed by atoms with E-state index in [4.69, 9.17) is 4.03 Å². The molecule has 0 saturated carbocycles. The van der Waals surface area contributed by atoms with Crippen LogP contribution in [0.2, 0.25) is 18.1 Å². The standard InChI is InChI=1S/C15H30N2O2S2Si/c1-14(2,3)22(8,9)16-21(19,17(6)7)13-10-12(11-20-13)15(4,5)18/h10-11,18H,1-9H3. The van der Waals surface area contributed by atoms with Crippen molar-refractivity contribution in [3.8, 4) is 0 Å². The number of thiophene rings is 1. The maximum absolute atomic E-state index is 13.6. The van der Waals surface area contributed by atoms with Crippen molar-refractivity contribution >= 4 is 29.5 Å². The lowest BCUT2D eigenvalue weighted by atomic mass is 10.0. The Bertz CT molecular complexity index is 643.